The van der Waals surface area contributed by atoms with Crippen LogP contribution in [0.25, 0.3) is 5.57 Å². The van der Waals surface area contributed by atoms with Crippen LogP contribution in [0.1, 0.15) is 18.1 Å². The minimum atomic E-state index is 0. The number of rotatable bonds is 4. The summed E-state index contributed by atoms with van der Waals surface area (Å²) in [6.45, 7) is 2.04. The van der Waals surface area contributed by atoms with Crippen LogP contribution in [-0.2, 0) is 0 Å². The number of nitrogens with zero attached hydrogens (tertiary/aromatic N) is 1. The molecule has 0 bridgehead atoms. The Hall–Kier alpha value is -2.59. The summed E-state index contributed by atoms with van der Waals surface area (Å²) in [7, 11) is 0. The monoisotopic (exact) mass is 314 g/mol. The fourth-order valence-corrected chi connectivity index (χ4v) is 1.90. The van der Waals surface area contributed by atoms with Crippen LogP contribution in [0.5, 0.6) is 0 Å². The SMILES string of the molecule is C/C(=C\C(=N\[NH+]=C(N)N)c1ccccc1)c1ccccc1.[Cl-]. The Bertz CT molecular complexity index is 672. The molecule has 2 rings (SSSR count). The molecule has 0 amide bonds. The smallest absolute Gasteiger partial charge is 0.362 e. The van der Waals surface area contributed by atoms with E-state index in [1.807, 2.05) is 61.5 Å². The Morgan fingerprint density at radius 3 is 1.91 bits per heavy atom. The minimum absolute atomic E-state index is 0. The average Bonchev–Trinajstić information content (AvgIpc) is 2.52. The van der Waals surface area contributed by atoms with Crippen LogP contribution in [0.4, 0.5) is 0 Å². The zero-order chi connectivity index (χ0) is 15.1. The molecule has 5 N–H and O–H groups in total. The minimum Gasteiger partial charge on any atom is -1.00 e. The van der Waals surface area contributed by atoms with Crippen molar-refractivity contribution in [2.24, 2.45) is 16.6 Å². The van der Waals surface area contributed by atoms with Gasteiger partial charge >= 0.3 is 5.96 Å². The summed E-state index contributed by atoms with van der Waals surface area (Å²) in [4.78, 5) is 0. The van der Waals surface area contributed by atoms with Crippen molar-refractivity contribution in [3.8, 4) is 0 Å². The lowest BCUT2D eigenvalue weighted by atomic mass is 10.0. The van der Waals surface area contributed by atoms with Gasteiger partial charge < -0.3 is 12.4 Å². The van der Waals surface area contributed by atoms with Crippen molar-refractivity contribution in [1.82, 2.24) is 0 Å². The Morgan fingerprint density at radius 2 is 1.41 bits per heavy atom. The summed E-state index contributed by atoms with van der Waals surface area (Å²) in [6.07, 6.45) is 2.00. The van der Waals surface area contributed by atoms with Gasteiger partial charge in [0.05, 0.1) is 0 Å². The molecular formula is C17H19ClN4. The average molecular weight is 315 g/mol. The summed E-state index contributed by atoms with van der Waals surface area (Å²) < 4.78 is 0. The van der Waals surface area contributed by atoms with Crippen molar-refractivity contribution < 1.29 is 17.5 Å². The van der Waals surface area contributed by atoms with E-state index in [0.29, 0.717) is 0 Å². The molecule has 0 aromatic heterocycles. The molecule has 0 aliphatic rings. The molecule has 0 radical (unpaired) electrons. The second kappa shape index (κ2) is 8.64. The summed E-state index contributed by atoms with van der Waals surface area (Å²) in [5, 5.41) is 6.88. The van der Waals surface area contributed by atoms with Gasteiger partial charge in [0.2, 0.25) is 0 Å². The number of hydrogen-bond donors (Lipinski definition) is 3. The molecular weight excluding hydrogens is 296 g/mol. The summed E-state index contributed by atoms with van der Waals surface area (Å²) in [5.41, 5.74) is 14.8. The molecule has 0 unspecified atom stereocenters. The lowest BCUT2D eigenvalue weighted by molar-refractivity contribution is -0.464. The van der Waals surface area contributed by atoms with Gasteiger partial charge in [-0.3, -0.25) is 11.5 Å². The zero-order valence-corrected chi connectivity index (χ0v) is 13.1. The van der Waals surface area contributed by atoms with Crippen molar-refractivity contribution in [2.75, 3.05) is 0 Å². The quantitative estimate of drug-likeness (QED) is 0.342. The Morgan fingerprint density at radius 1 is 0.909 bits per heavy atom. The molecule has 5 heteroatoms. The first-order valence-electron chi connectivity index (χ1n) is 6.67. The lowest BCUT2D eigenvalue weighted by Crippen LogP contribution is -3.00. The zero-order valence-electron chi connectivity index (χ0n) is 12.3. The molecule has 2 aromatic carbocycles. The molecule has 0 aliphatic carbocycles. The van der Waals surface area contributed by atoms with Crippen molar-refractivity contribution in [3.63, 3.8) is 0 Å². The van der Waals surface area contributed by atoms with Crippen molar-refractivity contribution >= 4 is 17.2 Å². The highest BCUT2D eigenvalue weighted by molar-refractivity contribution is 6.11. The summed E-state index contributed by atoms with van der Waals surface area (Å²) in [5.74, 6) is 0.0641. The van der Waals surface area contributed by atoms with Crippen LogP contribution in [-0.4, -0.2) is 11.7 Å². The molecule has 4 nitrogen and oxygen atoms in total. The van der Waals surface area contributed by atoms with Crippen molar-refractivity contribution in [3.05, 3.63) is 77.9 Å². The molecule has 0 saturated carbocycles. The Kier molecular flexibility index (Phi) is 6.86. The second-order valence-corrected chi connectivity index (χ2v) is 4.62. The van der Waals surface area contributed by atoms with Crippen LogP contribution in [0.15, 0.2) is 71.8 Å². The number of benzene rings is 2. The number of halogens is 1. The van der Waals surface area contributed by atoms with E-state index in [1.54, 1.807) is 0 Å². The third kappa shape index (κ3) is 5.07. The third-order valence-corrected chi connectivity index (χ3v) is 2.96. The first kappa shape index (κ1) is 17.5. The van der Waals surface area contributed by atoms with E-state index in [9.17, 15) is 0 Å². The van der Waals surface area contributed by atoms with Crippen molar-refractivity contribution in [2.45, 2.75) is 6.92 Å². The number of guanidine groups is 1. The van der Waals surface area contributed by atoms with Gasteiger partial charge in [0, 0.05) is 5.56 Å². The van der Waals surface area contributed by atoms with E-state index >= 15 is 0 Å². The molecule has 0 saturated heterocycles. The van der Waals surface area contributed by atoms with E-state index in [4.69, 9.17) is 11.5 Å². The van der Waals surface area contributed by atoms with Crippen LogP contribution < -0.4 is 29.0 Å². The van der Waals surface area contributed by atoms with E-state index < -0.39 is 0 Å². The van der Waals surface area contributed by atoms with Gasteiger partial charge in [-0.05, 0) is 24.1 Å². The van der Waals surface area contributed by atoms with E-state index in [0.717, 1.165) is 22.4 Å². The molecule has 22 heavy (non-hydrogen) atoms. The molecule has 2 aromatic rings. The number of allylic oxidation sites excluding steroid dienone is 2. The van der Waals surface area contributed by atoms with Crippen LogP contribution >= 0.6 is 0 Å². The highest BCUT2D eigenvalue weighted by Gasteiger charge is 2.03. The van der Waals surface area contributed by atoms with Gasteiger partial charge in [0.1, 0.15) is 5.71 Å². The number of nitrogens with two attached hydrogens (primary N) is 2. The van der Waals surface area contributed by atoms with Crippen LogP contribution in [0.2, 0.25) is 0 Å². The predicted octanol–water partition coefficient (Wildman–Crippen LogP) is -2.15. The van der Waals surface area contributed by atoms with Crippen LogP contribution in [0.3, 0.4) is 0 Å². The maximum atomic E-state index is 5.42. The summed E-state index contributed by atoms with van der Waals surface area (Å²) >= 11 is 0. The topological polar surface area (TPSA) is 78.4 Å². The molecule has 0 atom stereocenters. The van der Waals surface area contributed by atoms with E-state index in [-0.39, 0.29) is 18.4 Å². The highest BCUT2D eigenvalue weighted by atomic mass is 35.5. The largest absolute Gasteiger partial charge is 1.00 e. The molecule has 114 valence electrons. The predicted molar refractivity (Wildman–Crippen MR) is 87.4 cm³/mol. The first-order valence-corrected chi connectivity index (χ1v) is 6.67. The van der Waals surface area contributed by atoms with Crippen LogP contribution in [0, 0.1) is 0 Å². The fourth-order valence-electron chi connectivity index (χ4n) is 1.90. The third-order valence-electron chi connectivity index (χ3n) is 2.96. The number of hydrogen-bond acceptors (Lipinski definition) is 1. The second-order valence-electron chi connectivity index (χ2n) is 4.62. The fraction of sp³-hybridized carbons (Fsp3) is 0.0588. The van der Waals surface area contributed by atoms with Gasteiger partial charge in [-0.2, -0.15) is 5.10 Å². The van der Waals surface area contributed by atoms with Gasteiger partial charge in [0.25, 0.3) is 0 Å². The lowest BCUT2D eigenvalue weighted by Gasteiger charge is -2.04. The van der Waals surface area contributed by atoms with Gasteiger partial charge in [-0.15, -0.1) is 5.10 Å². The Labute approximate surface area is 136 Å². The van der Waals surface area contributed by atoms with Gasteiger partial charge in [-0.1, -0.05) is 60.7 Å². The molecule has 0 fully saturated rings. The molecule has 0 aliphatic heterocycles. The maximum absolute atomic E-state index is 5.42. The van der Waals surface area contributed by atoms with Gasteiger partial charge in [0.15, 0.2) is 0 Å². The standard InChI is InChI=1S/C17H18N4.ClH/c1-13(14-8-4-2-5-9-14)12-16(20-21-17(18)19)15-10-6-3-7-11-15;/h2-12H,1H3,(H4,18,19,21);1H/b13-12+,20-16-;. The Balaban J connectivity index is 0.00000242. The maximum Gasteiger partial charge on any atom is 0.362 e. The first-order chi connectivity index (χ1) is 10.2. The number of nitrogens with one attached hydrogen (secondary N) is 1. The molecule has 0 heterocycles. The normalized spacial score (nSPS) is 11.5. The van der Waals surface area contributed by atoms with Gasteiger partial charge in [-0.25, -0.2) is 0 Å². The van der Waals surface area contributed by atoms with E-state index in [1.165, 1.54) is 0 Å². The highest BCUT2D eigenvalue weighted by Crippen LogP contribution is 2.14. The number of hydrazone groups is 1. The summed E-state index contributed by atoms with van der Waals surface area (Å²) in [6, 6.07) is 20.0. The molecule has 0 spiro atoms. The van der Waals surface area contributed by atoms with Crippen molar-refractivity contribution in [1.29, 1.82) is 0 Å². The van der Waals surface area contributed by atoms with E-state index in [2.05, 4.69) is 22.3 Å².